The average molecular weight is 457 g/mol. The number of esters is 1. The van der Waals surface area contributed by atoms with Gasteiger partial charge < -0.3 is 20.3 Å². The predicted molar refractivity (Wildman–Crippen MR) is 117 cm³/mol. The smallest absolute Gasteiger partial charge is 0.310 e. The minimum Gasteiger partial charge on any atom is -0.466 e. The molecular formula is C22H24FN5O5. The lowest BCUT2D eigenvalue weighted by atomic mass is 9.92. The van der Waals surface area contributed by atoms with Gasteiger partial charge in [-0.05, 0) is 31.9 Å². The number of nitrogens with zero attached hydrogens (tertiary/aromatic N) is 2. The highest BCUT2D eigenvalue weighted by Gasteiger charge is 2.36. The van der Waals surface area contributed by atoms with Crippen LogP contribution in [0.25, 0.3) is 0 Å². The van der Waals surface area contributed by atoms with Crippen molar-refractivity contribution in [1.82, 2.24) is 9.97 Å². The van der Waals surface area contributed by atoms with Crippen molar-refractivity contribution < 1.29 is 23.5 Å². The van der Waals surface area contributed by atoms with Gasteiger partial charge in [-0.25, -0.2) is 4.39 Å². The predicted octanol–water partition coefficient (Wildman–Crippen LogP) is 1.75. The number of aromatic amines is 1. The molecule has 0 saturated carbocycles. The molecule has 2 atom stereocenters. The summed E-state index contributed by atoms with van der Waals surface area (Å²) in [5.41, 5.74) is -0.623. The van der Waals surface area contributed by atoms with Gasteiger partial charge in [0.2, 0.25) is 17.8 Å². The van der Waals surface area contributed by atoms with Crippen LogP contribution in [0.4, 0.5) is 21.8 Å². The number of anilines is 3. The Morgan fingerprint density at radius 1 is 1.30 bits per heavy atom. The number of ether oxygens (including phenoxy) is 1. The van der Waals surface area contributed by atoms with Crippen molar-refractivity contribution in [2.75, 3.05) is 35.2 Å². The number of hydrogen-bond acceptors (Lipinski definition) is 7. The number of carbonyl (C=O) groups is 3. The van der Waals surface area contributed by atoms with E-state index in [1.165, 1.54) is 18.2 Å². The zero-order valence-electron chi connectivity index (χ0n) is 18.0. The fourth-order valence-corrected chi connectivity index (χ4v) is 4.14. The van der Waals surface area contributed by atoms with Gasteiger partial charge >= 0.3 is 5.97 Å². The van der Waals surface area contributed by atoms with Gasteiger partial charge in [-0.1, -0.05) is 12.1 Å². The van der Waals surface area contributed by atoms with E-state index in [0.717, 1.165) is 0 Å². The lowest BCUT2D eigenvalue weighted by Gasteiger charge is -2.32. The number of piperidine rings is 1. The largest absolute Gasteiger partial charge is 0.466 e. The van der Waals surface area contributed by atoms with Crippen molar-refractivity contribution in [2.24, 2.45) is 5.92 Å². The molecule has 2 amide bonds. The molecule has 1 fully saturated rings. The lowest BCUT2D eigenvalue weighted by Crippen LogP contribution is -2.42. The summed E-state index contributed by atoms with van der Waals surface area (Å²) in [6.07, 6.45) is 1.09. The van der Waals surface area contributed by atoms with E-state index in [9.17, 15) is 23.6 Å². The number of rotatable bonds is 5. The SMILES string of the molecule is CCOC(=O)[C@@H]1CCCN(c2nc3c(c(=O)[nH]2)[C@@H](C(=O)Nc2ccccc2F)CC(=O)N3)C1. The highest BCUT2D eigenvalue weighted by molar-refractivity contribution is 6.04. The van der Waals surface area contributed by atoms with E-state index in [-0.39, 0.29) is 47.9 Å². The fraction of sp³-hybridized carbons (Fsp3) is 0.409. The quantitative estimate of drug-likeness (QED) is 0.583. The Labute approximate surface area is 188 Å². The van der Waals surface area contributed by atoms with Crippen LogP contribution in [0.15, 0.2) is 29.1 Å². The van der Waals surface area contributed by atoms with Crippen LogP contribution < -0.4 is 21.1 Å². The maximum atomic E-state index is 14.0. The van der Waals surface area contributed by atoms with Gasteiger partial charge in [0.15, 0.2) is 0 Å². The van der Waals surface area contributed by atoms with E-state index in [4.69, 9.17) is 4.74 Å². The number of carbonyl (C=O) groups excluding carboxylic acids is 3. The van der Waals surface area contributed by atoms with E-state index in [1.54, 1.807) is 17.9 Å². The molecule has 2 aromatic rings. The summed E-state index contributed by atoms with van der Waals surface area (Å²) < 4.78 is 19.1. The summed E-state index contributed by atoms with van der Waals surface area (Å²) in [4.78, 5) is 59.0. The molecule has 33 heavy (non-hydrogen) atoms. The molecule has 4 rings (SSSR count). The van der Waals surface area contributed by atoms with Gasteiger partial charge in [-0.3, -0.25) is 24.2 Å². The molecule has 0 unspecified atom stereocenters. The van der Waals surface area contributed by atoms with E-state index >= 15 is 0 Å². The third kappa shape index (κ3) is 4.71. The first-order valence-electron chi connectivity index (χ1n) is 10.8. The van der Waals surface area contributed by atoms with Crippen molar-refractivity contribution in [1.29, 1.82) is 0 Å². The number of H-pyrrole nitrogens is 1. The average Bonchev–Trinajstić information content (AvgIpc) is 2.80. The first kappa shape index (κ1) is 22.4. The Morgan fingerprint density at radius 2 is 2.09 bits per heavy atom. The first-order valence-corrected chi connectivity index (χ1v) is 10.8. The summed E-state index contributed by atoms with van der Waals surface area (Å²) in [5.74, 6) is -3.41. The van der Waals surface area contributed by atoms with Crippen LogP contribution in [-0.2, 0) is 19.1 Å². The molecule has 174 valence electrons. The molecule has 1 aromatic heterocycles. The van der Waals surface area contributed by atoms with Gasteiger partial charge in [0, 0.05) is 19.5 Å². The Balaban J connectivity index is 1.60. The van der Waals surface area contributed by atoms with Crippen molar-refractivity contribution in [3.8, 4) is 0 Å². The number of halogens is 1. The van der Waals surface area contributed by atoms with Crippen LogP contribution in [0.1, 0.15) is 37.7 Å². The molecule has 11 heteroatoms. The Morgan fingerprint density at radius 3 is 2.85 bits per heavy atom. The van der Waals surface area contributed by atoms with E-state index in [0.29, 0.717) is 25.9 Å². The number of nitrogens with one attached hydrogen (secondary N) is 3. The molecule has 0 radical (unpaired) electrons. The van der Waals surface area contributed by atoms with Gasteiger partial charge in [-0.15, -0.1) is 0 Å². The lowest BCUT2D eigenvalue weighted by molar-refractivity contribution is -0.148. The second kappa shape index (κ2) is 9.39. The Bertz CT molecular complexity index is 1150. The van der Waals surface area contributed by atoms with Crippen molar-refractivity contribution in [3.05, 3.63) is 46.0 Å². The molecule has 0 aliphatic carbocycles. The van der Waals surface area contributed by atoms with E-state index in [1.807, 2.05) is 0 Å². The first-order chi connectivity index (χ1) is 15.9. The Kier molecular flexibility index (Phi) is 6.38. The van der Waals surface area contributed by atoms with E-state index in [2.05, 4.69) is 20.6 Å². The fourth-order valence-electron chi connectivity index (χ4n) is 4.14. The van der Waals surface area contributed by atoms with E-state index < -0.39 is 29.1 Å². The molecule has 3 N–H and O–H groups in total. The summed E-state index contributed by atoms with van der Waals surface area (Å²) in [6, 6.07) is 5.62. The van der Waals surface area contributed by atoms with Crippen LogP contribution in [-0.4, -0.2) is 47.4 Å². The molecule has 1 saturated heterocycles. The van der Waals surface area contributed by atoms with Crippen LogP contribution in [0.2, 0.25) is 0 Å². The number of aromatic nitrogens is 2. The number of fused-ring (bicyclic) bond motifs is 1. The molecular weight excluding hydrogens is 433 g/mol. The third-order valence-electron chi connectivity index (χ3n) is 5.73. The van der Waals surface area contributed by atoms with Gasteiger partial charge in [0.25, 0.3) is 5.56 Å². The Hall–Kier alpha value is -3.76. The normalized spacial score (nSPS) is 19.9. The van der Waals surface area contributed by atoms with Gasteiger partial charge in [0.1, 0.15) is 11.6 Å². The van der Waals surface area contributed by atoms with Crippen molar-refractivity contribution in [2.45, 2.75) is 32.1 Å². The summed E-state index contributed by atoms with van der Waals surface area (Å²) in [7, 11) is 0. The second-order valence-electron chi connectivity index (χ2n) is 7.96. The molecule has 0 bridgehead atoms. The molecule has 0 spiro atoms. The monoisotopic (exact) mass is 457 g/mol. The highest BCUT2D eigenvalue weighted by atomic mass is 19.1. The topological polar surface area (TPSA) is 133 Å². The van der Waals surface area contributed by atoms with Gasteiger partial charge in [-0.2, -0.15) is 4.98 Å². The molecule has 10 nitrogen and oxygen atoms in total. The maximum absolute atomic E-state index is 14.0. The molecule has 3 heterocycles. The van der Waals surface area contributed by atoms with Gasteiger partial charge in [0.05, 0.1) is 29.7 Å². The van der Waals surface area contributed by atoms with Crippen LogP contribution >= 0.6 is 0 Å². The number of amides is 2. The zero-order chi connectivity index (χ0) is 23.5. The summed E-state index contributed by atoms with van der Waals surface area (Å²) in [5, 5.41) is 4.99. The van der Waals surface area contributed by atoms with Crippen molar-refractivity contribution in [3.63, 3.8) is 0 Å². The molecule has 2 aliphatic rings. The standard InChI is InChI=1S/C22H24FN5O5/c1-2-33-21(32)12-6-5-9-28(11-12)22-26-18-17(20(31)27-22)13(10-16(29)25-18)19(30)24-15-8-4-3-7-14(15)23/h3-4,7-8,12-13H,2,5-6,9-11H2,1H3,(H,24,30)(H2,25,26,27,29,31)/t12-,13+/m1/s1. The third-order valence-corrected chi connectivity index (χ3v) is 5.73. The molecule has 2 aliphatic heterocycles. The highest BCUT2D eigenvalue weighted by Crippen LogP contribution is 2.31. The minimum absolute atomic E-state index is 0.00569. The van der Waals surface area contributed by atoms with Crippen molar-refractivity contribution >= 4 is 35.2 Å². The zero-order valence-corrected chi connectivity index (χ0v) is 18.0. The minimum atomic E-state index is -1.13. The summed E-state index contributed by atoms with van der Waals surface area (Å²) in [6.45, 7) is 2.89. The van der Waals surface area contributed by atoms with Crippen LogP contribution in [0.5, 0.6) is 0 Å². The van der Waals surface area contributed by atoms with Crippen LogP contribution in [0.3, 0.4) is 0 Å². The maximum Gasteiger partial charge on any atom is 0.310 e. The number of benzene rings is 1. The number of para-hydroxylation sites is 1. The number of hydrogen-bond donors (Lipinski definition) is 3. The molecule has 1 aromatic carbocycles. The van der Waals surface area contributed by atoms with Crippen LogP contribution in [0, 0.1) is 11.7 Å². The summed E-state index contributed by atoms with van der Waals surface area (Å²) >= 11 is 0. The second-order valence-corrected chi connectivity index (χ2v) is 7.96.